The molecule has 4 heteroatoms. The van der Waals surface area contributed by atoms with Crippen molar-refractivity contribution in [3.8, 4) is 0 Å². The van der Waals surface area contributed by atoms with Crippen LogP contribution in [0.5, 0.6) is 0 Å². The molecule has 4 nitrogen and oxygen atoms in total. The molecule has 1 atom stereocenters. The van der Waals surface area contributed by atoms with Crippen LogP contribution in [0, 0.1) is 5.92 Å². The van der Waals surface area contributed by atoms with Gasteiger partial charge in [0.1, 0.15) is 0 Å². The van der Waals surface area contributed by atoms with E-state index in [4.69, 9.17) is 10.8 Å². The van der Waals surface area contributed by atoms with Crippen molar-refractivity contribution < 1.29 is 9.90 Å². The maximum Gasteiger partial charge on any atom is 0.237 e. The highest BCUT2D eigenvalue weighted by atomic mass is 16.2. The van der Waals surface area contributed by atoms with Crippen molar-refractivity contribution in [2.24, 2.45) is 11.7 Å². The van der Waals surface area contributed by atoms with E-state index < -0.39 is 6.04 Å². The fourth-order valence-electron chi connectivity index (χ4n) is 0.869. The molecule has 0 saturated heterocycles. The van der Waals surface area contributed by atoms with Gasteiger partial charge in [-0.05, 0) is 18.8 Å². The number of amides is 1. The molecule has 0 rings (SSSR count). The number of carbonyl (C=O) groups excluding carboxylic acids is 1. The van der Waals surface area contributed by atoms with Gasteiger partial charge in [-0.3, -0.25) is 4.79 Å². The van der Waals surface area contributed by atoms with Crippen LogP contribution in [0.1, 0.15) is 26.7 Å². The van der Waals surface area contributed by atoms with Crippen LogP contribution in [0.4, 0.5) is 0 Å². The van der Waals surface area contributed by atoms with E-state index in [-0.39, 0.29) is 18.4 Å². The lowest BCUT2D eigenvalue weighted by Crippen LogP contribution is -2.44. The summed E-state index contributed by atoms with van der Waals surface area (Å²) >= 11 is 0. The third-order valence-electron chi connectivity index (χ3n) is 1.91. The van der Waals surface area contributed by atoms with E-state index in [0.717, 1.165) is 12.8 Å². The van der Waals surface area contributed by atoms with E-state index in [2.05, 4.69) is 5.32 Å². The number of hydrogen-bond donors (Lipinski definition) is 3. The quantitative estimate of drug-likeness (QED) is 0.508. The summed E-state index contributed by atoms with van der Waals surface area (Å²) in [4.78, 5) is 11.2. The number of nitrogens with two attached hydrogens (primary N) is 1. The topological polar surface area (TPSA) is 75.4 Å². The first-order valence-corrected chi connectivity index (χ1v) is 4.73. The molecule has 0 fully saturated rings. The van der Waals surface area contributed by atoms with Gasteiger partial charge in [0.2, 0.25) is 5.91 Å². The molecule has 0 aromatic heterocycles. The Balaban J connectivity index is 3.50. The average molecular weight is 188 g/mol. The first-order chi connectivity index (χ1) is 6.09. The maximum absolute atomic E-state index is 11.2. The molecule has 0 bridgehead atoms. The standard InChI is InChI=1S/C9H20N2O2/c1-7(2)8(10)9(13)11-5-3-4-6-12/h7-8,12H,3-6,10H2,1-2H3,(H,11,13). The molecule has 0 aliphatic rings. The van der Waals surface area contributed by atoms with Crippen molar-refractivity contribution in [2.45, 2.75) is 32.7 Å². The SMILES string of the molecule is CC(C)C(N)C(=O)NCCCCO. The second-order valence-corrected chi connectivity index (χ2v) is 3.49. The van der Waals surface area contributed by atoms with Crippen LogP contribution in [0.25, 0.3) is 0 Å². The third-order valence-corrected chi connectivity index (χ3v) is 1.91. The first-order valence-electron chi connectivity index (χ1n) is 4.73. The van der Waals surface area contributed by atoms with Crippen LogP contribution in [0.2, 0.25) is 0 Å². The number of carbonyl (C=O) groups is 1. The van der Waals surface area contributed by atoms with E-state index in [0.29, 0.717) is 6.54 Å². The van der Waals surface area contributed by atoms with Gasteiger partial charge in [-0.15, -0.1) is 0 Å². The summed E-state index contributed by atoms with van der Waals surface area (Å²) in [7, 11) is 0. The lowest BCUT2D eigenvalue weighted by molar-refractivity contribution is -0.123. The Kier molecular flexibility index (Phi) is 6.54. The Morgan fingerprint density at radius 2 is 2.08 bits per heavy atom. The smallest absolute Gasteiger partial charge is 0.237 e. The minimum atomic E-state index is -0.422. The predicted molar refractivity (Wildman–Crippen MR) is 52.1 cm³/mol. The van der Waals surface area contributed by atoms with Crippen molar-refractivity contribution in [1.82, 2.24) is 5.32 Å². The van der Waals surface area contributed by atoms with E-state index in [1.54, 1.807) is 0 Å². The van der Waals surface area contributed by atoms with Gasteiger partial charge < -0.3 is 16.2 Å². The Labute approximate surface area is 79.5 Å². The second kappa shape index (κ2) is 6.86. The lowest BCUT2D eigenvalue weighted by atomic mass is 10.1. The van der Waals surface area contributed by atoms with Crippen molar-refractivity contribution in [1.29, 1.82) is 0 Å². The van der Waals surface area contributed by atoms with Gasteiger partial charge >= 0.3 is 0 Å². The van der Waals surface area contributed by atoms with Gasteiger partial charge in [-0.25, -0.2) is 0 Å². The van der Waals surface area contributed by atoms with Gasteiger partial charge in [0.05, 0.1) is 6.04 Å². The summed E-state index contributed by atoms with van der Waals surface area (Å²) in [6.45, 7) is 4.60. The van der Waals surface area contributed by atoms with Crippen molar-refractivity contribution in [3.63, 3.8) is 0 Å². The third kappa shape index (κ3) is 5.60. The van der Waals surface area contributed by atoms with Gasteiger partial charge in [-0.1, -0.05) is 13.8 Å². The first kappa shape index (κ1) is 12.4. The van der Waals surface area contributed by atoms with E-state index in [1.165, 1.54) is 0 Å². The fourth-order valence-corrected chi connectivity index (χ4v) is 0.869. The van der Waals surface area contributed by atoms with Crippen LogP contribution < -0.4 is 11.1 Å². The van der Waals surface area contributed by atoms with Gasteiger partial charge in [0.25, 0.3) is 0 Å². The monoisotopic (exact) mass is 188 g/mol. The zero-order chi connectivity index (χ0) is 10.3. The summed E-state index contributed by atoms with van der Waals surface area (Å²) in [5.41, 5.74) is 5.61. The normalized spacial score (nSPS) is 13.0. The molecule has 0 heterocycles. The predicted octanol–water partition coefficient (Wildman–Crippen LogP) is -0.142. The maximum atomic E-state index is 11.2. The molecular weight excluding hydrogens is 168 g/mol. The highest BCUT2D eigenvalue weighted by Crippen LogP contribution is 1.97. The highest BCUT2D eigenvalue weighted by molar-refractivity contribution is 5.81. The number of unbranched alkanes of at least 4 members (excludes halogenated alkanes) is 1. The summed E-state index contributed by atoms with van der Waals surface area (Å²) < 4.78 is 0. The molecule has 0 aliphatic carbocycles. The van der Waals surface area contributed by atoms with E-state index in [9.17, 15) is 4.79 Å². The molecule has 1 amide bonds. The molecule has 0 aromatic rings. The van der Waals surface area contributed by atoms with Crippen LogP contribution in [-0.4, -0.2) is 30.2 Å². The number of aliphatic hydroxyl groups is 1. The Bertz CT molecular complexity index is 149. The summed E-state index contributed by atoms with van der Waals surface area (Å²) in [6.07, 6.45) is 1.52. The molecule has 1 unspecified atom stereocenters. The summed E-state index contributed by atoms with van der Waals surface area (Å²) in [6, 6.07) is -0.422. The molecule has 78 valence electrons. The Morgan fingerprint density at radius 3 is 2.54 bits per heavy atom. The average Bonchev–Trinajstić information content (AvgIpc) is 2.10. The van der Waals surface area contributed by atoms with Gasteiger partial charge in [0.15, 0.2) is 0 Å². The largest absolute Gasteiger partial charge is 0.396 e. The zero-order valence-corrected chi connectivity index (χ0v) is 8.42. The van der Waals surface area contributed by atoms with Crippen LogP contribution in [-0.2, 0) is 4.79 Å². The number of rotatable bonds is 6. The Hall–Kier alpha value is -0.610. The minimum absolute atomic E-state index is 0.104. The molecule has 13 heavy (non-hydrogen) atoms. The van der Waals surface area contributed by atoms with Crippen molar-refractivity contribution in [3.05, 3.63) is 0 Å². The van der Waals surface area contributed by atoms with Crippen molar-refractivity contribution >= 4 is 5.91 Å². The summed E-state index contributed by atoms with van der Waals surface area (Å²) in [5, 5.41) is 11.2. The molecule has 0 radical (unpaired) electrons. The molecule has 0 aromatic carbocycles. The molecule has 0 saturated carbocycles. The number of aliphatic hydroxyl groups excluding tert-OH is 1. The van der Waals surface area contributed by atoms with E-state index in [1.807, 2.05) is 13.8 Å². The molecule has 0 aliphatic heterocycles. The molecular formula is C9H20N2O2. The van der Waals surface area contributed by atoms with Crippen LogP contribution in [0.15, 0.2) is 0 Å². The number of hydrogen-bond acceptors (Lipinski definition) is 3. The van der Waals surface area contributed by atoms with Crippen LogP contribution >= 0.6 is 0 Å². The summed E-state index contributed by atoms with van der Waals surface area (Å²) in [5.74, 6) is 0.0609. The highest BCUT2D eigenvalue weighted by Gasteiger charge is 2.15. The molecule has 4 N–H and O–H groups in total. The second-order valence-electron chi connectivity index (χ2n) is 3.49. The number of nitrogens with one attached hydrogen (secondary N) is 1. The minimum Gasteiger partial charge on any atom is -0.396 e. The fraction of sp³-hybridized carbons (Fsp3) is 0.889. The lowest BCUT2D eigenvalue weighted by Gasteiger charge is -2.14. The van der Waals surface area contributed by atoms with E-state index >= 15 is 0 Å². The van der Waals surface area contributed by atoms with Crippen LogP contribution in [0.3, 0.4) is 0 Å². The van der Waals surface area contributed by atoms with Crippen molar-refractivity contribution in [2.75, 3.05) is 13.2 Å². The van der Waals surface area contributed by atoms with Gasteiger partial charge in [-0.2, -0.15) is 0 Å². The Morgan fingerprint density at radius 1 is 1.46 bits per heavy atom. The zero-order valence-electron chi connectivity index (χ0n) is 8.42. The van der Waals surface area contributed by atoms with Gasteiger partial charge in [0, 0.05) is 13.2 Å². The molecule has 0 spiro atoms.